The van der Waals surface area contributed by atoms with E-state index in [2.05, 4.69) is 50.4 Å². The Morgan fingerprint density at radius 1 is 1.18 bits per heavy atom. The molecule has 0 atom stereocenters. The van der Waals surface area contributed by atoms with Crippen LogP contribution in [0.5, 0.6) is 0 Å². The fraction of sp³-hybridized carbons (Fsp3) is 0.231. The molecular formula is C13H15BrN2O. The second-order valence-corrected chi connectivity index (χ2v) is 4.84. The van der Waals surface area contributed by atoms with Crippen molar-refractivity contribution in [2.45, 2.75) is 6.54 Å². The first-order chi connectivity index (χ1) is 8.16. The molecule has 0 aliphatic rings. The third-order valence-electron chi connectivity index (χ3n) is 2.53. The standard InChI is InChI=1S/C13H15BrN2O/c1-16(2)11-5-3-10(4-6-11)15-9-13-12(14)7-8-17-13/h3-8,15H,9H2,1-2H3. The van der Waals surface area contributed by atoms with E-state index < -0.39 is 0 Å². The summed E-state index contributed by atoms with van der Waals surface area (Å²) in [5.41, 5.74) is 2.27. The van der Waals surface area contributed by atoms with Crippen LogP contribution in [0.25, 0.3) is 0 Å². The molecule has 1 aromatic heterocycles. The van der Waals surface area contributed by atoms with Gasteiger partial charge in [-0.15, -0.1) is 0 Å². The first-order valence-corrected chi connectivity index (χ1v) is 6.19. The average molecular weight is 295 g/mol. The molecule has 0 aliphatic heterocycles. The van der Waals surface area contributed by atoms with Gasteiger partial charge < -0.3 is 14.6 Å². The van der Waals surface area contributed by atoms with Gasteiger partial charge in [0.2, 0.25) is 0 Å². The topological polar surface area (TPSA) is 28.4 Å². The second-order valence-electron chi connectivity index (χ2n) is 3.99. The Kier molecular flexibility index (Phi) is 3.74. The lowest BCUT2D eigenvalue weighted by Gasteiger charge is -2.13. The van der Waals surface area contributed by atoms with Crippen LogP contribution >= 0.6 is 15.9 Å². The molecule has 4 heteroatoms. The molecule has 17 heavy (non-hydrogen) atoms. The molecule has 0 unspecified atom stereocenters. The second kappa shape index (κ2) is 5.27. The number of furan rings is 1. The summed E-state index contributed by atoms with van der Waals surface area (Å²) < 4.78 is 6.33. The molecule has 1 N–H and O–H groups in total. The van der Waals surface area contributed by atoms with E-state index in [0.29, 0.717) is 6.54 Å². The Hall–Kier alpha value is -1.42. The molecule has 0 saturated heterocycles. The first kappa shape index (κ1) is 12.0. The number of rotatable bonds is 4. The summed E-state index contributed by atoms with van der Waals surface area (Å²) in [6.45, 7) is 0.675. The van der Waals surface area contributed by atoms with Gasteiger partial charge in [0, 0.05) is 25.5 Å². The van der Waals surface area contributed by atoms with E-state index in [4.69, 9.17) is 4.42 Å². The minimum atomic E-state index is 0.675. The zero-order valence-corrected chi connectivity index (χ0v) is 11.5. The van der Waals surface area contributed by atoms with Crippen LogP contribution in [0.4, 0.5) is 11.4 Å². The van der Waals surface area contributed by atoms with E-state index in [1.165, 1.54) is 5.69 Å². The van der Waals surface area contributed by atoms with Crippen molar-refractivity contribution in [3.63, 3.8) is 0 Å². The van der Waals surface area contributed by atoms with Crippen molar-refractivity contribution in [1.29, 1.82) is 0 Å². The monoisotopic (exact) mass is 294 g/mol. The summed E-state index contributed by atoms with van der Waals surface area (Å²) in [7, 11) is 4.06. The lowest BCUT2D eigenvalue weighted by atomic mass is 10.2. The highest BCUT2D eigenvalue weighted by Gasteiger charge is 2.02. The molecule has 0 bridgehead atoms. The van der Waals surface area contributed by atoms with Crippen molar-refractivity contribution in [3.05, 3.63) is 46.8 Å². The molecule has 2 aromatic rings. The summed E-state index contributed by atoms with van der Waals surface area (Å²) in [6, 6.07) is 10.2. The van der Waals surface area contributed by atoms with Crippen LogP contribution < -0.4 is 10.2 Å². The maximum atomic E-state index is 5.33. The van der Waals surface area contributed by atoms with Gasteiger partial charge in [0.25, 0.3) is 0 Å². The maximum Gasteiger partial charge on any atom is 0.136 e. The largest absolute Gasteiger partial charge is 0.466 e. The Morgan fingerprint density at radius 3 is 2.41 bits per heavy atom. The summed E-state index contributed by atoms with van der Waals surface area (Å²) in [5.74, 6) is 0.904. The lowest BCUT2D eigenvalue weighted by Crippen LogP contribution is -2.08. The highest BCUT2D eigenvalue weighted by molar-refractivity contribution is 9.10. The molecule has 0 aliphatic carbocycles. The number of benzene rings is 1. The highest BCUT2D eigenvalue weighted by Crippen LogP contribution is 2.20. The molecule has 2 rings (SSSR count). The predicted octanol–water partition coefficient (Wildman–Crippen LogP) is 3.72. The molecular weight excluding hydrogens is 280 g/mol. The molecule has 3 nitrogen and oxygen atoms in total. The van der Waals surface area contributed by atoms with Crippen molar-refractivity contribution in [2.24, 2.45) is 0 Å². The van der Waals surface area contributed by atoms with Crippen molar-refractivity contribution in [3.8, 4) is 0 Å². The predicted molar refractivity (Wildman–Crippen MR) is 74.5 cm³/mol. The van der Waals surface area contributed by atoms with E-state index in [1.54, 1.807) is 6.26 Å². The molecule has 0 amide bonds. The van der Waals surface area contributed by atoms with E-state index in [0.717, 1.165) is 15.9 Å². The Labute approximate surface area is 110 Å². The van der Waals surface area contributed by atoms with E-state index in [9.17, 15) is 0 Å². The first-order valence-electron chi connectivity index (χ1n) is 5.40. The summed E-state index contributed by atoms with van der Waals surface area (Å²) >= 11 is 3.43. The number of hydrogen-bond donors (Lipinski definition) is 1. The average Bonchev–Trinajstić information content (AvgIpc) is 2.73. The van der Waals surface area contributed by atoms with E-state index >= 15 is 0 Å². The number of nitrogens with zero attached hydrogens (tertiary/aromatic N) is 1. The van der Waals surface area contributed by atoms with Gasteiger partial charge in [-0.3, -0.25) is 0 Å². The van der Waals surface area contributed by atoms with Crippen LogP contribution in [-0.4, -0.2) is 14.1 Å². The molecule has 1 aromatic carbocycles. The van der Waals surface area contributed by atoms with Crippen LogP contribution in [0.1, 0.15) is 5.76 Å². The fourth-order valence-electron chi connectivity index (χ4n) is 1.51. The smallest absolute Gasteiger partial charge is 0.136 e. The number of nitrogens with one attached hydrogen (secondary N) is 1. The quantitative estimate of drug-likeness (QED) is 0.932. The van der Waals surface area contributed by atoms with E-state index in [-0.39, 0.29) is 0 Å². The van der Waals surface area contributed by atoms with Gasteiger partial charge >= 0.3 is 0 Å². The number of anilines is 2. The molecule has 0 radical (unpaired) electrons. The molecule has 90 valence electrons. The van der Waals surface area contributed by atoms with Gasteiger partial charge in [-0.2, -0.15) is 0 Å². The number of halogens is 1. The van der Waals surface area contributed by atoms with Crippen LogP contribution in [0.15, 0.2) is 45.5 Å². The van der Waals surface area contributed by atoms with Crippen LogP contribution in [-0.2, 0) is 6.54 Å². The van der Waals surface area contributed by atoms with Gasteiger partial charge in [0.05, 0.1) is 17.3 Å². The van der Waals surface area contributed by atoms with Crippen molar-refractivity contribution in [2.75, 3.05) is 24.3 Å². The minimum absolute atomic E-state index is 0.675. The summed E-state index contributed by atoms with van der Waals surface area (Å²) in [6.07, 6.45) is 1.68. The molecule has 0 saturated carbocycles. The third-order valence-corrected chi connectivity index (χ3v) is 3.23. The normalized spacial score (nSPS) is 10.3. The summed E-state index contributed by atoms with van der Waals surface area (Å²) in [4.78, 5) is 2.08. The van der Waals surface area contributed by atoms with Crippen molar-refractivity contribution in [1.82, 2.24) is 0 Å². The molecule has 0 fully saturated rings. The Bertz CT molecular complexity index is 476. The minimum Gasteiger partial charge on any atom is -0.466 e. The third kappa shape index (κ3) is 3.03. The van der Waals surface area contributed by atoms with Gasteiger partial charge in [-0.05, 0) is 46.3 Å². The zero-order valence-electron chi connectivity index (χ0n) is 9.90. The summed E-state index contributed by atoms with van der Waals surface area (Å²) in [5, 5.41) is 3.31. The van der Waals surface area contributed by atoms with Crippen LogP contribution in [0, 0.1) is 0 Å². The highest BCUT2D eigenvalue weighted by atomic mass is 79.9. The maximum absolute atomic E-state index is 5.33. The lowest BCUT2D eigenvalue weighted by molar-refractivity contribution is 0.516. The Balaban J connectivity index is 1.98. The fourth-order valence-corrected chi connectivity index (χ4v) is 1.85. The number of hydrogen-bond acceptors (Lipinski definition) is 3. The van der Waals surface area contributed by atoms with Crippen LogP contribution in [0.3, 0.4) is 0 Å². The van der Waals surface area contributed by atoms with Gasteiger partial charge in [-0.1, -0.05) is 0 Å². The van der Waals surface area contributed by atoms with Gasteiger partial charge in [-0.25, -0.2) is 0 Å². The molecule has 1 heterocycles. The van der Waals surface area contributed by atoms with Gasteiger partial charge in [0.15, 0.2) is 0 Å². The SMILES string of the molecule is CN(C)c1ccc(NCc2occc2Br)cc1. The van der Waals surface area contributed by atoms with E-state index in [1.807, 2.05) is 20.2 Å². The Morgan fingerprint density at radius 2 is 1.88 bits per heavy atom. The van der Waals surface area contributed by atoms with Crippen molar-refractivity contribution < 1.29 is 4.42 Å². The van der Waals surface area contributed by atoms with Crippen molar-refractivity contribution >= 4 is 27.3 Å². The van der Waals surface area contributed by atoms with Gasteiger partial charge in [0.1, 0.15) is 5.76 Å². The molecule has 0 spiro atoms. The van der Waals surface area contributed by atoms with Crippen LogP contribution in [0.2, 0.25) is 0 Å². The zero-order chi connectivity index (χ0) is 12.3.